The van der Waals surface area contributed by atoms with Crippen molar-refractivity contribution in [3.8, 4) is 0 Å². The van der Waals surface area contributed by atoms with E-state index in [2.05, 4.69) is 0 Å². The summed E-state index contributed by atoms with van der Waals surface area (Å²) < 4.78 is 5.52. The lowest BCUT2D eigenvalue weighted by molar-refractivity contribution is 0.348. The maximum absolute atomic E-state index is 6.28. The van der Waals surface area contributed by atoms with Gasteiger partial charge in [-0.1, -0.05) is 30.3 Å². The fraction of sp³-hybridized carbons (Fsp3) is 0.333. The molecule has 0 bridgehead atoms. The molecule has 0 radical (unpaired) electrons. The molecule has 0 saturated carbocycles. The summed E-state index contributed by atoms with van der Waals surface area (Å²) in [7, 11) is -2.11. The summed E-state index contributed by atoms with van der Waals surface area (Å²) in [5.41, 5.74) is 0. The summed E-state index contributed by atoms with van der Waals surface area (Å²) in [6.45, 7) is 4.64. The SMILES string of the molecule is CCO[Si](C)(Cl)c1ccccc1. The first-order valence-corrected chi connectivity index (χ1v) is 7.47. The highest BCUT2D eigenvalue weighted by molar-refractivity contribution is 7.23. The standard InChI is InChI=1S/C9H13ClOSi/c1-3-11-12(2,10)9-7-5-4-6-8-9/h4-8H,3H2,1-2H3. The van der Waals surface area contributed by atoms with E-state index in [4.69, 9.17) is 15.5 Å². The molecule has 0 aliphatic carbocycles. The minimum atomic E-state index is -2.11. The van der Waals surface area contributed by atoms with Crippen LogP contribution in [-0.2, 0) is 4.43 Å². The molecule has 0 heterocycles. The number of rotatable bonds is 3. The Morgan fingerprint density at radius 3 is 2.42 bits per heavy atom. The van der Waals surface area contributed by atoms with Crippen molar-refractivity contribution in [1.29, 1.82) is 0 Å². The van der Waals surface area contributed by atoms with Gasteiger partial charge in [0.1, 0.15) is 0 Å². The summed E-state index contributed by atoms with van der Waals surface area (Å²) in [5.74, 6) is 0. The molecule has 1 unspecified atom stereocenters. The van der Waals surface area contributed by atoms with E-state index in [1.165, 1.54) is 0 Å². The summed E-state index contributed by atoms with van der Waals surface area (Å²) in [4.78, 5) is 0. The highest BCUT2D eigenvalue weighted by Crippen LogP contribution is 2.10. The molecule has 0 aliphatic heterocycles. The van der Waals surface area contributed by atoms with Crippen molar-refractivity contribution in [3.63, 3.8) is 0 Å². The molecule has 1 aromatic rings. The first kappa shape index (κ1) is 9.77. The zero-order valence-electron chi connectivity index (χ0n) is 7.38. The van der Waals surface area contributed by atoms with Gasteiger partial charge in [0.05, 0.1) is 0 Å². The lowest BCUT2D eigenvalue weighted by Gasteiger charge is -2.18. The third kappa shape index (κ3) is 2.34. The van der Waals surface area contributed by atoms with Gasteiger partial charge in [-0.2, -0.15) is 0 Å². The van der Waals surface area contributed by atoms with Crippen LogP contribution >= 0.6 is 11.1 Å². The van der Waals surface area contributed by atoms with Crippen LogP contribution in [-0.4, -0.2) is 14.2 Å². The van der Waals surface area contributed by atoms with Crippen LogP contribution in [0.3, 0.4) is 0 Å². The molecule has 1 rings (SSSR count). The van der Waals surface area contributed by atoms with Gasteiger partial charge in [-0.05, 0) is 18.7 Å². The minimum absolute atomic E-state index is 0.682. The van der Waals surface area contributed by atoms with Gasteiger partial charge in [0.2, 0.25) is 0 Å². The molecule has 1 nitrogen and oxygen atoms in total. The van der Waals surface area contributed by atoms with Gasteiger partial charge < -0.3 is 4.43 Å². The number of benzene rings is 1. The average molecular weight is 201 g/mol. The molecule has 0 saturated heterocycles. The van der Waals surface area contributed by atoms with Crippen molar-refractivity contribution >= 4 is 23.9 Å². The van der Waals surface area contributed by atoms with E-state index in [-0.39, 0.29) is 0 Å². The second-order valence-electron chi connectivity index (χ2n) is 2.72. The molecule has 0 aliphatic rings. The predicted octanol–water partition coefficient (Wildman–Crippen LogP) is 2.24. The van der Waals surface area contributed by atoms with Crippen LogP contribution in [0.5, 0.6) is 0 Å². The van der Waals surface area contributed by atoms with Gasteiger partial charge in [0.25, 0.3) is 0 Å². The molecule has 0 amide bonds. The van der Waals surface area contributed by atoms with Crippen molar-refractivity contribution in [2.75, 3.05) is 6.61 Å². The van der Waals surface area contributed by atoms with Crippen LogP contribution in [0.2, 0.25) is 6.55 Å². The maximum Gasteiger partial charge on any atom is 0.319 e. The van der Waals surface area contributed by atoms with Crippen molar-refractivity contribution in [2.45, 2.75) is 13.5 Å². The third-order valence-corrected chi connectivity index (χ3v) is 4.88. The maximum atomic E-state index is 6.28. The topological polar surface area (TPSA) is 9.23 Å². The van der Waals surface area contributed by atoms with Crippen LogP contribution in [0.15, 0.2) is 30.3 Å². The van der Waals surface area contributed by atoms with E-state index in [0.717, 1.165) is 5.19 Å². The molecule has 1 atom stereocenters. The Balaban J connectivity index is 2.82. The highest BCUT2D eigenvalue weighted by atomic mass is 35.6. The van der Waals surface area contributed by atoms with Crippen LogP contribution in [0.25, 0.3) is 0 Å². The van der Waals surface area contributed by atoms with Crippen molar-refractivity contribution in [1.82, 2.24) is 0 Å². The Morgan fingerprint density at radius 1 is 1.33 bits per heavy atom. The van der Waals surface area contributed by atoms with E-state index >= 15 is 0 Å². The highest BCUT2D eigenvalue weighted by Gasteiger charge is 2.27. The molecular weight excluding hydrogens is 188 g/mol. The van der Waals surface area contributed by atoms with Gasteiger partial charge in [-0.3, -0.25) is 0 Å². The van der Waals surface area contributed by atoms with Gasteiger partial charge in [0.15, 0.2) is 0 Å². The van der Waals surface area contributed by atoms with E-state index < -0.39 is 7.63 Å². The number of halogens is 1. The molecule has 12 heavy (non-hydrogen) atoms. The molecule has 66 valence electrons. The summed E-state index contributed by atoms with van der Waals surface area (Å²) >= 11 is 6.28. The van der Waals surface area contributed by atoms with Gasteiger partial charge in [-0.25, -0.2) is 0 Å². The smallest absolute Gasteiger partial charge is 0.319 e. The predicted molar refractivity (Wildman–Crippen MR) is 55.2 cm³/mol. The van der Waals surface area contributed by atoms with E-state index in [0.29, 0.717) is 6.61 Å². The first-order valence-electron chi connectivity index (χ1n) is 4.05. The fourth-order valence-corrected chi connectivity index (χ4v) is 3.29. The zero-order chi connectivity index (χ0) is 9.03. The van der Waals surface area contributed by atoms with E-state index in [1.54, 1.807) is 0 Å². The average Bonchev–Trinajstić information content (AvgIpc) is 2.06. The van der Waals surface area contributed by atoms with E-state index in [1.807, 2.05) is 43.8 Å². The summed E-state index contributed by atoms with van der Waals surface area (Å²) in [5, 5.41) is 1.13. The Morgan fingerprint density at radius 2 is 1.92 bits per heavy atom. The Bertz CT molecular complexity index is 236. The van der Waals surface area contributed by atoms with Crippen LogP contribution in [0, 0.1) is 0 Å². The normalized spacial score (nSPS) is 15.6. The molecule has 3 heteroatoms. The number of hydrogen-bond donors (Lipinski definition) is 0. The summed E-state index contributed by atoms with van der Waals surface area (Å²) in [6, 6.07) is 10.0. The van der Waals surface area contributed by atoms with Crippen LogP contribution in [0.4, 0.5) is 0 Å². The second-order valence-corrected chi connectivity index (χ2v) is 7.58. The Labute approximate surface area is 79.2 Å². The fourth-order valence-electron chi connectivity index (χ4n) is 1.09. The minimum Gasteiger partial charge on any atom is -0.400 e. The van der Waals surface area contributed by atoms with Crippen LogP contribution in [0.1, 0.15) is 6.92 Å². The van der Waals surface area contributed by atoms with Crippen LogP contribution < -0.4 is 5.19 Å². The second kappa shape index (κ2) is 4.08. The third-order valence-electron chi connectivity index (χ3n) is 1.70. The molecule has 0 fully saturated rings. The largest absolute Gasteiger partial charge is 0.400 e. The first-order chi connectivity index (χ1) is 5.67. The van der Waals surface area contributed by atoms with Crippen molar-refractivity contribution in [3.05, 3.63) is 30.3 Å². The lowest BCUT2D eigenvalue weighted by Crippen LogP contribution is -2.42. The van der Waals surface area contributed by atoms with Crippen molar-refractivity contribution in [2.24, 2.45) is 0 Å². The molecule has 0 spiro atoms. The van der Waals surface area contributed by atoms with Gasteiger partial charge >= 0.3 is 7.63 Å². The zero-order valence-corrected chi connectivity index (χ0v) is 9.14. The summed E-state index contributed by atoms with van der Waals surface area (Å²) in [6.07, 6.45) is 0. The Hall–Kier alpha value is -0.313. The van der Waals surface area contributed by atoms with E-state index in [9.17, 15) is 0 Å². The molecular formula is C9H13ClOSi. The lowest BCUT2D eigenvalue weighted by atomic mass is 10.4. The van der Waals surface area contributed by atoms with Gasteiger partial charge in [0, 0.05) is 6.61 Å². The molecule has 0 N–H and O–H groups in total. The van der Waals surface area contributed by atoms with Gasteiger partial charge in [-0.15, -0.1) is 11.1 Å². The molecule has 0 aromatic heterocycles. The number of hydrogen-bond acceptors (Lipinski definition) is 1. The van der Waals surface area contributed by atoms with Crippen molar-refractivity contribution < 1.29 is 4.43 Å². The molecule has 1 aromatic carbocycles. The monoisotopic (exact) mass is 200 g/mol. The quantitative estimate of drug-likeness (QED) is 0.537. The Kier molecular flexibility index (Phi) is 3.32.